The van der Waals surface area contributed by atoms with Crippen LogP contribution >= 0.6 is 11.3 Å². The maximum Gasteiger partial charge on any atom is 0.148 e. The van der Waals surface area contributed by atoms with E-state index in [0.717, 1.165) is 35.7 Å². The first-order chi connectivity index (χ1) is 8.74. The minimum absolute atomic E-state index is 0.672. The molecule has 6 heteroatoms. The number of hydrazine groups is 1. The summed E-state index contributed by atoms with van der Waals surface area (Å²) >= 11 is 1.64. The van der Waals surface area contributed by atoms with Gasteiger partial charge in [0.2, 0.25) is 0 Å². The van der Waals surface area contributed by atoms with Crippen molar-refractivity contribution in [2.24, 2.45) is 5.84 Å². The third-order valence-corrected chi connectivity index (χ3v) is 3.27. The highest BCUT2D eigenvalue weighted by molar-refractivity contribution is 7.08. The van der Waals surface area contributed by atoms with Crippen LogP contribution in [0.25, 0.3) is 0 Å². The van der Waals surface area contributed by atoms with Crippen molar-refractivity contribution in [3.05, 3.63) is 28.2 Å². The molecular formula is C12H17N5S. The smallest absolute Gasteiger partial charge is 0.148 e. The molecule has 18 heavy (non-hydrogen) atoms. The number of rotatable bonds is 5. The van der Waals surface area contributed by atoms with Crippen LogP contribution in [-0.2, 0) is 6.42 Å². The largest absolute Gasteiger partial charge is 0.339 e. The van der Waals surface area contributed by atoms with Gasteiger partial charge in [0.05, 0.1) is 5.69 Å². The fourth-order valence-electron chi connectivity index (χ4n) is 1.63. The van der Waals surface area contributed by atoms with Gasteiger partial charge in [0.1, 0.15) is 17.5 Å². The summed E-state index contributed by atoms with van der Waals surface area (Å²) in [7, 11) is 0. The number of hydrogen-bond donors (Lipinski definition) is 3. The molecule has 0 atom stereocenters. The van der Waals surface area contributed by atoms with Crippen molar-refractivity contribution < 1.29 is 0 Å². The number of hydrogen-bond acceptors (Lipinski definition) is 6. The fraction of sp³-hybridized carbons (Fsp3) is 0.333. The summed E-state index contributed by atoms with van der Waals surface area (Å²) in [6, 6.07) is 2.02. The van der Waals surface area contributed by atoms with Gasteiger partial charge in [-0.25, -0.2) is 15.8 Å². The first kappa shape index (κ1) is 12.8. The van der Waals surface area contributed by atoms with E-state index < -0.39 is 0 Å². The molecule has 2 aromatic rings. The summed E-state index contributed by atoms with van der Waals surface area (Å²) in [5, 5.41) is 7.35. The zero-order valence-corrected chi connectivity index (χ0v) is 11.3. The minimum Gasteiger partial charge on any atom is -0.339 e. The van der Waals surface area contributed by atoms with Crippen molar-refractivity contribution in [3.8, 4) is 0 Å². The summed E-state index contributed by atoms with van der Waals surface area (Å²) < 4.78 is 0. The zero-order chi connectivity index (χ0) is 13.0. The van der Waals surface area contributed by atoms with Gasteiger partial charge in [-0.15, -0.1) is 0 Å². The number of nitrogen functional groups attached to an aromatic ring is 1. The lowest BCUT2D eigenvalue weighted by Gasteiger charge is -2.12. The van der Waals surface area contributed by atoms with Gasteiger partial charge in [0, 0.05) is 17.4 Å². The fourth-order valence-corrected chi connectivity index (χ4v) is 2.22. The van der Waals surface area contributed by atoms with E-state index in [1.807, 2.05) is 23.8 Å². The summed E-state index contributed by atoms with van der Waals surface area (Å²) in [6.07, 6.45) is 1.85. The highest BCUT2D eigenvalue weighted by Crippen LogP contribution is 2.24. The average Bonchev–Trinajstić information content (AvgIpc) is 2.86. The molecule has 0 saturated carbocycles. The predicted octanol–water partition coefficient (Wildman–Crippen LogP) is 2.83. The molecule has 2 heterocycles. The van der Waals surface area contributed by atoms with E-state index in [-0.39, 0.29) is 0 Å². The van der Waals surface area contributed by atoms with E-state index in [0.29, 0.717) is 5.82 Å². The van der Waals surface area contributed by atoms with Crippen LogP contribution in [-0.4, -0.2) is 9.97 Å². The quantitative estimate of drug-likeness (QED) is 0.571. The normalized spacial score (nSPS) is 10.4. The standard InChI is InChI=1S/C12H17N5S/c1-3-4-10-15-11(8(2)12(16-10)17-13)14-9-5-6-18-7-9/h5-7H,3-4,13H2,1-2H3,(H2,14,15,16,17). The Morgan fingerprint density at radius 1 is 1.33 bits per heavy atom. The minimum atomic E-state index is 0.672. The second-order valence-electron chi connectivity index (χ2n) is 3.99. The molecule has 0 unspecified atom stereocenters. The topological polar surface area (TPSA) is 75.9 Å². The summed E-state index contributed by atoms with van der Waals surface area (Å²) in [5.41, 5.74) is 4.58. The molecule has 0 bridgehead atoms. The molecule has 0 fully saturated rings. The van der Waals surface area contributed by atoms with E-state index >= 15 is 0 Å². The zero-order valence-electron chi connectivity index (χ0n) is 10.5. The monoisotopic (exact) mass is 263 g/mol. The number of nitrogens with zero attached hydrogens (tertiary/aromatic N) is 2. The molecule has 0 aliphatic rings. The third kappa shape index (κ3) is 2.77. The van der Waals surface area contributed by atoms with Gasteiger partial charge in [-0.05, 0) is 24.8 Å². The van der Waals surface area contributed by atoms with E-state index in [9.17, 15) is 0 Å². The Hall–Kier alpha value is -1.66. The molecule has 4 N–H and O–H groups in total. The maximum atomic E-state index is 5.49. The SMILES string of the molecule is CCCc1nc(NN)c(C)c(Nc2ccsc2)n1. The number of aromatic nitrogens is 2. The van der Waals surface area contributed by atoms with Crippen LogP contribution in [0.4, 0.5) is 17.3 Å². The molecule has 96 valence electrons. The second kappa shape index (κ2) is 5.79. The van der Waals surface area contributed by atoms with E-state index in [1.54, 1.807) is 11.3 Å². The molecule has 2 rings (SSSR count). The van der Waals surface area contributed by atoms with Crippen molar-refractivity contribution in [3.63, 3.8) is 0 Å². The third-order valence-electron chi connectivity index (χ3n) is 2.59. The Kier molecular flexibility index (Phi) is 4.11. The van der Waals surface area contributed by atoms with Crippen molar-refractivity contribution in [1.82, 2.24) is 9.97 Å². The first-order valence-corrected chi connectivity index (χ1v) is 6.82. The molecule has 0 aliphatic heterocycles. The molecule has 2 aromatic heterocycles. The summed E-state index contributed by atoms with van der Waals surface area (Å²) in [4.78, 5) is 8.92. The Bertz CT molecular complexity index is 509. The molecule has 0 radical (unpaired) electrons. The van der Waals surface area contributed by atoms with Crippen LogP contribution in [0, 0.1) is 6.92 Å². The van der Waals surface area contributed by atoms with Crippen LogP contribution in [0.1, 0.15) is 24.7 Å². The average molecular weight is 263 g/mol. The van der Waals surface area contributed by atoms with Gasteiger partial charge in [-0.1, -0.05) is 6.92 Å². The maximum absolute atomic E-state index is 5.49. The van der Waals surface area contributed by atoms with Crippen LogP contribution in [0.15, 0.2) is 16.8 Å². The van der Waals surface area contributed by atoms with Crippen LogP contribution in [0.5, 0.6) is 0 Å². The van der Waals surface area contributed by atoms with Crippen LogP contribution in [0.3, 0.4) is 0 Å². The van der Waals surface area contributed by atoms with Gasteiger partial charge in [0.25, 0.3) is 0 Å². The number of nitrogens with one attached hydrogen (secondary N) is 2. The Morgan fingerprint density at radius 2 is 2.11 bits per heavy atom. The van der Waals surface area contributed by atoms with Crippen molar-refractivity contribution >= 4 is 28.7 Å². The Balaban J connectivity index is 2.34. The van der Waals surface area contributed by atoms with Crippen molar-refractivity contribution in [1.29, 1.82) is 0 Å². The molecule has 5 nitrogen and oxygen atoms in total. The number of nitrogens with two attached hydrogens (primary N) is 1. The highest BCUT2D eigenvalue weighted by Gasteiger charge is 2.10. The van der Waals surface area contributed by atoms with Gasteiger partial charge >= 0.3 is 0 Å². The van der Waals surface area contributed by atoms with Crippen molar-refractivity contribution in [2.45, 2.75) is 26.7 Å². The van der Waals surface area contributed by atoms with Crippen LogP contribution in [0.2, 0.25) is 0 Å². The Labute approximate surface area is 110 Å². The molecule has 0 saturated heterocycles. The van der Waals surface area contributed by atoms with E-state index in [2.05, 4.69) is 27.6 Å². The molecular weight excluding hydrogens is 246 g/mol. The summed E-state index contributed by atoms with van der Waals surface area (Å²) in [5.74, 6) is 7.77. The highest BCUT2D eigenvalue weighted by atomic mass is 32.1. The first-order valence-electron chi connectivity index (χ1n) is 5.88. The number of aryl methyl sites for hydroxylation is 1. The predicted molar refractivity (Wildman–Crippen MR) is 76.2 cm³/mol. The molecule has 0 spiro atoms. The lowest BCUT2D eigenvalue weighted by molar-refractivity contribution is 0.833. The molecule has 0 aromatic carbocycles. The molecule has 0 amide bonds. The van der Waals surface area contributed by atoms with E-state index in [4.69, 9.17) is 5.84 Å². The molecule has 0 aliphatic carbocycles. The van der Waals surface area contributed by atoms with Gasteiger partial charge in [-0.3, -0.25) is 0 Å². The second-order valence-corrected chi connectivity index (χ2v) is 4.77. The van der Waals surface area contributed by atoms with Gasteiger partial charge in [0.15, 0.2) is 0 Å². The summed E-state index contributed by atoms with van der Waals surface area (Å²) in [6.45, 7) is 4.05. The van der Waals surface area contributed by atoms with Crippen LogP contribution < -0.4 is 16.6 Å². The number of thiophene rings is 1. The van der Waals surface area contributed by atoms with Gasteiger partial charge < -0.3 is 10.7 Å². The van der Waals surface area contributed by atoms with Crippen molar-refractivity contribution in [2.75, 3.05) is 10.7 Å². The van der Waals surface area contributed by atoms with E-state index in [1.165, 1.54) is 0 Å². The lowest BCUT2D eigenvalue weighted by atomic mass is 10.2. The lowest BCUT2D eigenvalue weighted by Crippen LogP contribution is -2.14. The Morgan fingerprint density at radius 3 is 2.72 bits per heavy atom. The number of anilines is 3. The van der Waals surface area contributed by atoms with Gasteiger partial charge in [-0.2, -0.15) is 11.3 Å².